The first-order chi connectivity index (χ1) is 25.3. The van der Waals surface area contributed by atoms with Crippen LogP contribution in [0.2, 0.25) is 0 Å². The molecule has 51 heavy (non-hydrogen) atoms. The number of benzene rings is 8. The predicted octanol–water partition coefficient (Wildman–Crippen LogP) is 13.1. The summed E-state index contributed by atoms with van der Waals surface area (Å²) < 4.78 is 2.28. The van der Waals surface area contributed by atoms with Crippen LogP contribution in [-0.4, -0.2) is 9.55 Å². The molecule has 10 rings (SSSR count). The molecule has 0 radical (unpaired) electrons. The normalized spacial score (nSPS) is 11.7. The number of hydrogen-bond donors (Lipinski definition) is 0. The summed E-state index contributed by atoms with van der Waals surface area (Å²) in [5.41, 5.74) is 18.4. The van der Waals surface area contributed by atoms with Crippen LogP contribution in [0.4, 0.5) is 0 Å². The Labute approximate surface area is 298 Å². The highest BCUT2D eigenvalue weighted by Gasteiger charge is 2.30. The summed E-state index contributed by atoms with van der Waals surface area (Å²) in [6, 6.07) is 64.2. The van der Waals surface area contributed by atoms with Crippen LogP contribution >= 0.6 is 0 Å². The van der Waals surface area contributed by atoms with Crippen molar-refractivity contribution in [1.29, 1.82) is 0 Å². The van der Waals surface area contributed by atoms with Crippen molar-refractivity contribution >= 4 is 21.8 Å². The summed E-state index contributed by atoms with van der Waals surface area (Å²) in [5.74, 6) is 1.08. The first-order valence-corrected chi connectivity index (χ1v) is 17.8. The van der Waals surface area contributed by atoms with Gasteiger partial charge in [-0.2, -0.15) is 0 Å². The van der Waals surface area contributed by atoms with E-state index in [0.29, 0.717) is 0 Å². The van der Waals surface area contributed by atoms with Crippen molar-refractivity contribution in [3.8, 4) is 72.4 Å². The number of imidazole rings is 1. The Morgan fingerprint density at radius 3 is 1.67 bits per heavy atom. The van der Waals surface area contributed by atoms with Crippen LogP contribution in [0.15, 0.2) is 176 Å². The number of hydrogen-bond acceptors (Lipinski definition) is 1. The average molecular weight is 651 g/mol. The monoisotopic (exact) mass is 650 g/mol. The van der Waals surface area contributed by atoms with Gasteiger partial charge < -0.3 is 0 Å². The molecule has 0 amide bonds. The molecule has 0 saturated heterocycles. The van der Waals surface area contributed by atoms with Crippen LogP contribution in [0.5, 0.6) is 0 Å². The zero-order valence-electron chi connectivity index (χ0n) is 28.3. The SMILES string of the molecule is CCc1nc2ccccc2n1-c1ccc(-c2ccc(-c3cc(-c4ccccc4)c4c(c3-c3ccccc3)-c3cccc5cccc-4c35)cc2)cc1. The van der Waals surface area contributed by atoms with Gasteiger partial charge in [0, 0.05) is 12.1 Å². The molecular weight excluding hydrogens is 617 g/mol. The summed E-state index contributed by atoms with van der Waals surface area (Å²) in [7, 11) is 0. The molecule has 1 aromatic heterocycles. The van der Waals surface area contributed by atoms with Crippen molar-refractivity contribution in [2.75, 3.05) is 0 Å². The molecule has 1 heterocycles. The Balaban J connectivity index is 1.13. The third-order valence-corrected chi connectivity index (χ3v) is 10.5. The van der Waals surface area contributed by atoms with Crippen molar-refractivity contribution in [1.82, 2.24) is 9.55 Å². The molecule has 0 saturated carbocycles. The predicted molar refractivity (Wildman–Crippen MR) is 214 cm³/mol. The molecule has 0 N–H and O–H groups in total. The Hall–Kier alpha value is -6.51. The maximum Gasteiger partial charge on any atom is 0.114 e. The summed E-state index contributed by atoms with van der Waals surface area (Å²) in [6.45, 7) is 2.17. The van der Waals surface area contributed by atoms with Gasteiger partial charge in [-0.25, -0.2) is 4.98 Å². The highest BCUT2D eigenvalue weighted by molar-refractivity contribution is 6.22. The average Bonchev–Trinajstić information content (AvgIpc) is 3.75. The molecule has 0 fully saturated rings. The van der Waals surface area contributed by atoms with E-state index in [9.17, 15) is 0 Å². The standard InChI is InChI=1S/C49H34N2/c1-2-45-50-43-21-9-10-22-44(43)51(45)38-29-27-33(28-30-38)32-23-25-35(26-24-32)41-31-42(34-13-5-3-6-14-34)48-39-19-11-17-36-18-12-20-40(46(36)39)49(48)47(41)37-15-7-4-8-16-37/h3-31H,2H2,1H3. The lowest BCUT2D eigenvalue weighted by molar-refractivity contribution is 0.908. The molecule has 8 aromatic carbocycles. The molecule has 240 valence electrons. The number of aryl methyl sites for hydroxylation is 1. The fourth-order valence-electron chi connectivity index (χ4n) is 8.21. The summed E-state index contributed by atoms with van der Waals surface area (Å²) in [4.78, 5) is 4.89. The Morgan fingerprint density at radius 2 is 0.980 bits per heavy atom. The van der Waals surface area contributed by atoms with E-state index in [1.54, 1.807) is 0 Å². The minimum atomic E-state index is 0.874. The van der Waals surface area contributed by atoms with Crippen LogP contribution in [0, 0.1) is 0 Å². The van der Waals surface area contributed by atoms with E-state index < -0.39 is 0 Å². The smallest absolute Gasteiger partial charge is 0.114 e. The number of para-hydroxylation sites is 2. The largest absolute Gasteiger partial charge is 0.296 e. The maximum absolute atomic E-state index is 4.89. The van der Waals surface area contributed by atoms with E-state index in [2.05, 4.69) is 187 Å². The van der Waals surface area contributed by atoms with Gasteiger partial charge in [0.2, 0.25) is 0 Å². The van der Waals surface area contributed by atoms with Crippen LogP contribution < -0.4 is 0 Å². The van der Waals surface area contributed by atoms with E-state index in [-0.39, 0.29) is 0 Å². The second kappa shape index (κ2) is 11.8. The van der Waals surface area contributed by atoms with E-state index in [1.165, 1.54) is 77.5 Å². The number of rotatable bonds is 6. The fraction of sp³-hybridized carbons (Fsp3) is 0.0408. The molecule has 9 aromatic rings. The van der Waals surface area contributed by atoms with Crippen LogP contribution in [-0.2, 0) is 6.42 Å². The second-order valence-electron chi connectivity index (χ2n) is 13.4. The molecule has 0 bridgehead atoms. The third kappa shape index (κ3) is 4.68. The maximum atomic E-state index is 4.89. The topological polar surface area (TPSA) is 17.8 Å². The minimum Gasteiger partial charge on any atom is -0.296 e. The molecule has 0 atom stereocenters. The molecule has 0 aliphatic heterocycles. The molecular formula is C49H34N2. The van der Waals surface area contributed by atoms with Gasteiger partial charge in [-0.05, 0) is 108 Å². The highest BCUT2D eigenvalue weighted by Crippen LogP contribution is 2.57. The van der Waals surface area contributed by atoms with E-state index in [4.69, 9.17) is 4.98 Å². The Bertz CT molecular complexity index is 2730. The lowest BCUT2D eigenvalue weighted by Gasteiger charge is -2.21. The molecule has 2 heteroatoms. The molecule has 0 unspecified atom stereocenters. The van der Waals surface area contributed by atoms with Crippen molar-refractivity contribution in [2.24, 2.45) is 0 Å². The van der Waals surface area contributed by atoms with Gasteiger partial charge >= 0.3 is 0 Å². The number of aromatic nitrogens is 2. The molecule has 1 aliphatic rings. The Kier molecular flexibility index (Phi) is 6.82. The van der Waals surface area contributed by atoms with Crippen molar-refractivity contribution in [3.05, 3.63) is 182 Å². The first-order valence-electron chi connectivity index (χ1n) is 17.8. The van der Waals surface area contributed by atoms with Gasteiger partial charge in [-0.1, -0.05) is 153 Å². The van der Waals surface area contributed by atoms with Crippen molar-refractivity contribution in [2.45, 2.75) is 13.3 Å². The summed E-state index contributed by atoms with van der Waals surface area (Å²) in [6.07, 6.45) is 0.874. The van der Waals surface area contributed by atoms with Gasteiger partial charge in [-0.15, -0.1) is 0 Å². The third-order valence-electron chi connectivity index (χ3n) is 10.5. The van der Waals surface area contributed by atoms with Gasteiger partial charge in [0.05, 0.1) is 11.0 Å². The summed E-state index contributed by atoms with van der Waals surface area (Å²) in [5, 5.41) is 2.62. The van der Waals surface area contributed by atoms with Crippen molar-refractivity contribution < 1.29 is 0 Å². The lowest BCUT2D eigenvalue weighted by Crippen LogP contribution is -1.99. The fourth-order valence-corrected chi connectivity index (χ4v) is 8.21. The number of nitrogens with zero attached hydrogens (tertiary/aromatic N) is 2. The zero-order valence-corrected chi connectivity index (χ0v) is 28.3. The van der Waals surface area contributed by atoms with E-state index in [1.807, 2.05) is 0 Å². The van der Waals surface area contributed by atoms with Gasteiger partial charge in [0.1, 0.15) is 5.82 Å². The molecule has 1 aliphatic carbocycles. The first kappa shape index (κ1) is 29.4. The molecule has 0 spiro atoms. The lowest BCUT2D eigenvalue weighted by atomic mass is 9.82. The van der Waals surface area contributed by atoms with Gasteiger partial charge in [0.15, 0.2) is 0 Å². The van der Waals surface area contributed by atoms with Crippen LogP contribution in [0.25, 0.3) is 94.3 Å². The molecule has 2 nitrogen and oxygen atoms in total. The van der Waals surface area contributed by atoms with Crippen LogP contribution in [0.1, 0.15) is 12.7 Å². The minimum absolute atomic E-state index is 0.874. The van der Waals surface area contributed by atoms with E-state index >= 15 is 0 Å². The Morgan fingerprint density at radius 1 is 0.431 bits per heavy atom. The van der Waals surface area contributed by atoms with E-state index in [0.717, 1.165) is 29.0 Å². The van der Waals surface area contributed by atoms with Crippen molar-refractivity contribution in [3.63, 3.8) is 0 Å². The van der Waals surface area contributed by atoms with Gasteiger partial charge in [0.25, 0.3) is 0 Å². The number of fused-ring (bicyclic) bond motifs is 4. The second-order valence-corrected chi connectivity index (χ2v) is 13.4. The highest BCUT2D eigenvalue weighted by atomic mass is 15.1. The quantitative estimate of drug-likeness (QED) is 0.175. The van der Waals surface area contributed by atoms with Crippen LogP contribution in [0.3, 0.4) is 0 Å². The summed E-state index contributed by atoms with van der Waals surface area (Å²) >= 11 is 0. The zero-order chi connectivity index (χ0) is 33.9. The van der Waals surface area contributed by atoms with Gasteiger partial charge in [-0.3, -0.25) is 4.57 Å².